The van der Waals surface area contributed by atoms with Crippen molar-refractivity contribution < 1.29 is 24.2 Å². The molecule has 26 heavy (non-hydrogen) atoms. The molecule has 2 aliphatic heterocycles. The smallest absolute Gasteiger partial charge is 0.323 e. The number of halogens is 1. The van der Waals surface area contributed by atoms with Crippen molar-refractivity contribution in [3.63, 3.8) is 0 Å². The molecule has 1 aromatic carbocycles. The summed E-state index contributed by atoms with van der Waals surface area (Å²) >= 11 is 6.22. The lowest BCUT2D eigenvalue weighted by Gasteiger charge is -2.33. The number of anilines is 1. The van der Waals surface area contributed by atoms with E-state index in [-0.39, 0.29) is 22.7 Å². The number of nitrogens with zero attached hydrogens (tertiary/aromatic N) is 2. The number of rotatable bonds is 5. The Bertz CT molecular complexity index is 720. The van der Waals surface area contributed by atoms with Gasteiger partial charge in [0.05, 0.1) is 10.6 Å². The van der Waals surface area contributed by atoms with Gasteiger partial charge in [0.25, 0.3) is 5.91 Å². The first-order chi connectivity index (χ1) is 12.5. The van der Waals surface area contributed by atoms with Crippen LogP contribution in [-0.4, -0.2) is 66.8 Å². The molecule has 1 aromatic rings. The average molecular weight is 382 g/mol. The van der Waals surface area contributed by atoms with E-state index < -0.39 is 18.4 Å². The van der Waals surface area contributed by atoms with Crippen molar-refractivity contribution in [2.75, 3.05) is 37.7 Å². The minimum Gasteiger partial charge on any atom is -0.480 e. The second-order valence-corrected chi connectivity index (χ2v) is 6.63. The minimum atomic E-state index is -1.09. The topological polar surface area (TPSA) is 99.2 Å². The number of carbonyl (C=O) groups excluding carboxylic acids is 2. The van der Waals surface area contributed by atoms with E-state index in [1.54, 1.807) is 18.2 Å². The van der Waals surface area contributed by atoms with Gasteiger partial charge in [0, 0.05) is 38.0 Å². The number of benzene rings is 1. The summed E-state index contributed by atoms with van der Waals surface area (Å²) < 4.78 is 5.30. The van der Waals surface area contributed by atoms with Crippen LogP contribution in [0.4, 0.5) is 10.5 Å². The fourth-order valence-corrected chi connectivity index (χ4v) is 3.43. The van der Waals surface area contributed by atoms with Crippen LogP contribution in [0.3, 0.4) is 0 Å². The van der Waals surface area contributed by atoms with Gasteiger partial charge in [0.15, 0.2) is 0 Å². The highest BCUT2D eigenvalue weighted by atomic mass is 35.5. The Labute approximate surface area is 155 Å². The highest BCUT2D eigenvalue weighted by molar-refractivity contribution is 6.34. The van der Waals surface area contributed by atoms with Gasteiger partial charge in [-0.25, -0.2) is 4.79 Å². The molecule has 2 aliphatic rings. The van der Waals surface area contributed by atoms with Gasteiger partial charge in [-0.1, -0.05) is 11.6 Å². The number of carboxylic acids is 1. The van der Waals surface area contributed by atoms with E-state index in [1.165, 1.54) is 9.80 Å². The van der Waals surface area contributed by atoms with Gasteiger partial charge in [-0.15, -0.1) is 0 Å². The molecule has 0 spiro atoms. The number of nitrogens with one attached hydrogen (secondary N) is 1. The summed E-state index contributed by atoms with van der Waals surface area (Å²) in [6.45, 7) is 1.57. The van der Waals surface area contributed by atoms with E-state index >= 15 is 0 Å². The molecular formula is C17H20ClN3O5. The Morgan fingerprint density at radius 1 is 1.35 bits per heavy atom. The molecule has 2 fully saturated rings. The minimum absolute atomic E-state index is 0.191. The lowest BCUT2D eigenvalue weighted by atomic mass is 10.0. The number of urea groups is 1. The zero-order valence-electron chi connectivity index (χ0n) is 14.1. The second kappa shape index (κ2) is 7.92. The van der Waals surface area contributed by atoms with Gasteiger partial charge < -0.3 is 20.1 Å². The molecule has 2 N–H and O–H groups in total. The fourth-order valence-electron chi connectivity index (χ4n) is 3.23. The lowest BCUT2D eigenvalue weighted by Crippen LogP contribution is -2.46. The normalized spacial score (nSPS) is 17.9. The van der Waals surface area contributed by atoms with E-state index in [4.69, 9.17) is 16.3 Å². The van der Waals surface area contributed by atoms with Crippen molar-refractivity contribution in [1.82, 2.24) is 10.2 Å². The summed E-state index contributed by atoms with van der Waals surface area (Å²) in [4.78, 5) is 39.1. The maximum Gasteiger partial charge on any atom is 0.323 e. The molecule has 2 heterocycles. The predicted molar refractivity (Wildman–Crippen MR) is 94.7 cm³/mol. The first-order valence-electron chi connectivity index (χ1n) is 8.43. The summed E-state index contributed by atoms with van der Waals surface area (Å²) in [6, 6.07) is 4.31. The Balaban J connectivity index is 1.90. The standard InChI is InChI=1S/C17H20ClN3O5/c18-14-2-1-12(20-6-5-19-17(20)25)9-13(14)16(24)21(10-15(22)23)11-3-7-26-8-4-11/h1-2,9,11H,3-8,10H2,(H,19,25)(H,22,23). The molecule has 140 valence electrons. The maximum absolute atomic E-state index is 13.1. The first-order valence-corrected chi connectivity index (χ1v) is 8.80. The third-order valence-electron chi connectivity index (χ3n) is 4.55. The molecule has 0 saturated carbocycles. The molecule has 0 unspecified atom stereocenters. The van der Waals surface area contributed by atoms with Crippen LogP contribution in [0.2, 0.25) is 5.02 Å². The van der Waals surface area contributed by atoms with Crippen LogP contribution >= 0.6 is 11.6 Å². The third kappa shape index (κ3) is 3.91. The van der Waals surface area contributed by atoms with Crippen LogP contribution in [0.5, 0.6) is 0 Å². The number of hydrogen-bond donors (Lipinski definition) is 2. The van der Waals surface area contributed by atoms with Gasteiger partial charge in [-0.3, -0.25) is 14.5 Å². The monoisotopic (exact) mass is 381 g/mol. The van der Waals surface area contributed by atoms with Crippen molar-refractivity contribution in [3.8, 4) is 0 Å². The molecule has 0 aromatic heterocycles. The summed E-state index contributed by atoms with van der Waals surface area (Å²) in [5.41, 5.74) is 0.742. The van der Waals surface area contributed by atoms with Crippen LogP contribution in [0, 0.1) is 0 Å². The van der Waals surface area contributed by atoms with Crippen molar-refractivity contribution in [3.05, 3.63) is 28.8 Å². The number of hydrogen-bond acceptors (Lipinski definition) is 4. The second-order valence-electron chi connectivity index (χ2n) is 6.22. The Kier molecular flexibility index (Phi) is 5.63. The Morgan fingerprint density at radius 2 is 2.08 bits per heavy atom. The molecular weight excluding hydrogens is 362 g/mol. The largest absolute Gasteiger partial charge is 0.480 e. The molecule has 3 amide bonds. The zero-order chi connectivity index (χ0) is 18.7. The lowest BCUT2D eigenvalue weighted by molar-refractivity contribution is -0.138. The number of amides is 3. The quantitative estimate of drug-likeness (QED) is 0.806. The van der Waals surface area contributed by atoms with E-state index in [0.717, 1.165) is 0 Å². The van der Waals surface area contributed by atoms with Crippen LogP contribution < -0.4 is 10.2 Å². The van der Waals surface area contributed by atoms with Gasteiger partial charge in [0.1, 0.15) is 6.54 Å². The van der Waals surface area contributed by atoms with Crippen LogP contribution in [-0.2, 0) is 9.53 Å². The molecule has 9 heteroatoms. The fraction of sp³-hybridized carbons (Fsp3) is 0.471. The van der Waals surface area contributed by atoms with Gasteiger partial charge in [-0.2, -0.15) is 0 Å². The van der Waals surface area contributed by atoms with Crippen LogP contribution in [0.25, 0.3) is 0 Å². The van der Waals surface area contributed by atoms with E-state index in [2.05, 4.69) is 5.32 Å². The molecule has 0 radical (unpaired) electrons. The van der Waals surface area contributed by atoms with Crippen molar-refractivity contribution in [1.29, 1.82) is 0 Å². The Hall–Kier alpha value is -2.32. The number of carboxylic acid groups (broad SMARTS) is 1. The van der Waals surface area contributed by atoms with E-state index in [9.17, 15) is 19.5 Å². The van der Waals surface area contributed by atoms with Gasteiger partial charge in [0.2, 0.25) is 0 Å². The first kappa shape index (κ1) is 18.5. The number of carbonyl (C=O) groups is 3. The van der Waals surface area contributed by atoms with Gasteiger partial charge in [-0.05, 0) is 31.0 Å². The number of ether oxygens (including phenoxy) is 1. The molecule has 8 nitrogen and oxygen atoms in total. The summed E-state index contributed by atoms with van der Waals surface area (Å²) in [5, 5.41) is 12.1. The highest BCUT2D eigenvalue weighted by Gasteiger charge is 2.30. The Morgan fingerprint density at radius 3 is 2.69 bits per heavy atom. The van der Waals surface area contributed by atoms with Crippen molar-refractivity contribution in [2.45, 2.75) is 18.9 Å². The number of aliphatic carboxylic acids is 1. The van der Waals surface area contributed by atoms with E-state index in [0.29, 0.717) is 44.8 Å². The SMILES string of the molecule is O=C(O)CN(C(=O)c1cc(N2CCNC2=O)ccc1Cl)C1CCOCC1. The molecule has 3 rings (SSSR count). The third-order valence-corrected chi connectivity index (χ3v) is 4.88. The predicted octanol–water partition coefficient (Wildman–Crippen LogP) is 1.58. The summed E-state index contributed by atoms with van der Waals surface area (Å²) in [7, 11) is 0. The summed E-state index contributed by atoms with van der Waals surface area (Å²) in [5.74, 6) is -1.54. The maximum atomic E-state index is 13.1. The van der Waals surface area contributed by atoms with Crippen LogP contribution in [0.1, 0.15) is 23.2 Å². The summed E-state index contributed by atoms with van der Waals surface area (Å²) in [6.07, 6.45) is 1.15. The molecule has 0 aliphatic carbocycles. The molecule has 0 atom stereocenters. The molecule has 2 saturated heterocycles. The highest BCUT2D eigenvalue weighted by Crippen LogP contribution is 2.27. The average Bonchev–Trinajstić information content (AvgIpc) is 3.06. The zero-order valence-corrected chi connectivity index (χ0v) is 14.9. The van der Waals surface area contributed by atoms with Crippen LogP contribution in [0.15, 0.2) is 18.2 Å². The van der Waals surface area contributed by atoms with Crippen molar-refractivity contribution in [2.24, 2.45) is 0 Å². The van der Waals surface area contributed by atoms with Crippen molar-refractivity contribution >= 4 is 35.2 Å². The van der Waals surface area contributed by atoms with E-state index in [1.807, 2.05) is 0 Å². The molecule has 0 bridgehead atoms. The van der Waals surface area contributed by atoms with Gasteiger partial charge >= 0.3 is 12.0 Å².